The van der Waals surface area contributed by atoms with Gasteiger partial charge in [0, 0.05) is 20.3 Å². The summed E-state index contributed by atoms with van der Waals surface area (Å²) in [5.74, 6) is -0.413. The number of anilines is 1. The van der Waals surface area contributed by atoms with Gasteiger partial charge in [-0.15, -0.1) is 0 Å². The summed E-state index contributed by atoms with van der Waals surface area (Å²) in [5, 5.41) is 13.9. The van der Waals surface area contributed by atoms with E-state index in [4.69, 9.17) is 0 Å². The average molecular weight is 553 g/mol. The van der Waals surface area contributed by atoms with Crippen molar-refractivity contribution in [3.8, 4) is 0 Å². The molecule has 0 spiro atoms. The molecule has 3 aromatic rings. The highest BCUT2D eigenvalue weighted by Gasteiger charge is 2.21. The van der Waals surface area contributed by atoms with Crippen LogP contribution in [0.1, 0.15) is 51.6 Å². The minimum atomic E-state index is -1.38. The van der Waals surface area contributed by atoms with Crippen molar-refractivity contribution in [2.45, 2.75) is 59.0 Å². The van der Waals surface area contributed by atoms with Gasteiger partial charge in [0.1, 0.15) is 29.4 Å². The second-order valence-electron chi connectivity index (χ2n) is 10.8. The molecule has 0 radical (unpaired) electrons. The number of carbonyl (C=O) groups excluding carboxylic acids is 2. The molecule has 40 heavy (non-hydrogen) atoms. The van der Waals surface area contributed by atoms with Crippen LogP contribution < -0.4 is 16.2 Å². The number of allylic oxidation sites excluding steroid dienone is 1. The molecular formula is C27H36N8O5. The molecule has 3 aromatic heterocycles. The summed E-state index contributed by atoms with van der Waals surface area (Å²) in [7, 11) is 3.21. The van der Waals surface area contributed by atoms with E-state index in [0.29, 0.717) is 11.5 Å². The lowest BCUT2D eigenvalue weighted by molar-refractivity contribution is -0.123. The van der Waals surface area contributed by atoms with E-state index in [9.17, 15) is 24.3 Å². The molecule has 13 nitrogen and oxygen atoms in total. The lowest BCUT2D eigenvalue weighted by atomic mass is 9.90. The van der Waals surface area contributed by atoms with Gasteiger partial charge in [0.15, 0.2) is 5.65 Å². The fourth-order valence-corrected chi connectivity index (χ4v) is 3.83. The van der Waals surface area contributed by atoms with Gasteiger partial charge >= 0.3 is 6.09 Å². The van der Waals surface area contributed by atoms with Gasteiger partial charge in [-0.2, -0.15) is 0 Å². The zero-order valence-corrected chi connectivity index (χ0v) is 23.4. The molecular weight excluding hydrogens is 516 g/mol. The number of aromatic nitrogens is 5. The molecule has 3 rings (SSSR count). The summed E-state index contributed by atoms with van der Waals surface area (Å²) >= 11 is 0. The first-order valence-electron chi connectivity index (χ1n) is 12.9. The van der Waals surface area contributed by atoms with Gasteiger partial charge in [0.05, 0.1) is 12.2 Å². The highest BCUT2D eigenvalue weighted by molar-refractivity contribution is 5.96. The van der Waals surface area contributed by atoms with Crippen LogP contribution in [0.4, 0.5) is 10.5 Å². The number of H-pyrrole nitrogens is 1. The Hall–Kier alpha value is -4.55. The fourth-order valence-electron chi connectivity index (χ4n) is 3.83. The van der Waals surface area contributed by atoms with Crippen molar-refractivity contribution < 1.29 is 19.5 Å². The third-order valence-corrected chi connectivity index (χ3v) is 6.06. The molecule has 1 atom stereocenters. The van der Waals surface area contributed by atoms with Crippen molar-refractivity contribution in [2.24, 2.45) is 5.41 Å². The summed E-state index contributed by atoms with van der Waals surface area (Å²) < 4.78 is 1.38. The van der Waals surface area contributed by atoms with Crippen LogP contribution in [0.3, 0.4) is 0 Å². The summed E-state index contributed by atoms with van der Waals surface area (Å²) in [6.07, 6.45) is 6.61. The van der Waals surface area contributed by atoms with E-state index in [1.165, 1.54) is 27.9 Å². The lowest BCUT2D eigenvalue weighted by Gasteiger charge is -2.17. The SMILES string of the molecule is CN(C)C(=O)/C=C/CC[C@H](NC(=O)O)C(=O)Nc1cccn(Cc2nc3ncnc(CCC(C)(C)C)c3[nH]2)c1=O. The molecule has 0 aliphatic rings. The van der Waals surface area contributed by atoms with E-state index in [2.05, 4.69) is 51.3 Å². The highest BCUT2D eigenvalue weighted by atomic mass is 16.4. The first-order valence-corrected chi connectivity index (χ1v) is 12.9. The third-order valence-electron chi connectivity index (χ3n) is 6.06. The number of amides is 3. The van der Waals surface area contributed by atoms with Crippen LogP contribution in [-0.2, 0) is 22.6 Å². The van der Waals surface area contributed by atoms with E-state index >= 15 is 0 Å². The van der Waals surface area contributed by atoms with E-state index in [1.807, 2.05) is 0 Å². The monoisotopic (exact) mass is 552 g/mol. The van der Waals surface area contributed by atoms with Gasteiger partial charge in [-0.3, -0.25) is 14.4 Å². The molecule has 4 N–H and O–H groups in total. The lowest BCUT2D eigenvalue weighted by Crippen LogP contribution is -2.44. The molecule has 0 bridgehead atoms. The minimum absolute atomic E-state index is 0.00946. The maximum Gasteiger partial charge on any atom is 0.405 e. The van der Waals surface area contributed by atoms with Crippen molar-refractivity contribution in [3.63, 3.8) is 0 Å². The molecule has 13 heteroatoms. The summed E-state index contributed by atoms with van der Waals surface area (Å²) in [6, 6.07) is 1.91. The molecule has 3 amide bonds. The van der Waals surface area contributed by atoms with Crippen LogP contribution in [0.25, 0.3) is 11.2 Å². The average Bonchev–Trinajstić information content (AvgIpc) is 3.29. The Bertz CT molecular complexity index is 1450. The van der Waals surface area contributed by atoms with E-state index in [1.54, 1.807) is 32.4 Å². The normalized spacial score (nSPS) is 12.4. The topological polar surface area (TPSA) is 175 Å². The van der Waals surface area contributed by atoms with Gasteiger partial charge in [-0.05, 0) is 49.3 Å². The van der Waals surface area contributed by atoms with Crippen LogP contribution in [0.5, 0.6) is 0 Å². The van der Waals surface area contributed by atoms with Crippen molar-refractivity contribution in [2.75, 3.05) is 19.4 Å². The molecule has 3 heterocycles. The van der Waals surface area contributed by atoms with Crippen molar-refractivity contribution in [1.82, 2.24) is 34.7 Å². The van der Waals surface area contributed by atoms with Crippen LogP contribution in [-0.4, -0.2) is 72.6 Å². The second kappa shape index (κ2) is 13.0. The van der Waals surface area contributed by atoms with Crippen LogP contribution >= 0.6 is 0 Å². The first kappa shape index (κ1) is 30.0. The smallest absolute Gasteiger partial charge is 0.405 e. The van der Waals surface area contributed by atoms with Crippen molar-refractivity contribution in [3.05, 3.63) is 58.7 Å². The Morgan fingerprint density at radius 1 is 1.23 bits per heavy atom. The molecule has 0 aromatic carbocycles. The Morgan fingerprint density at radius 3 is 2.65 bits per heavy atom. The van der Waals surface area contributed by atoms with Crippen molar-refractivity contribution in [1.29, 1.82) is 0 Å². The summed E-state index contributed by atoms with van der Waals surface area (Å²) in [5.41, 5.74) is 1.73. The number of aromatic amines is 1. The predicted octanol–water partition coefficient (Wildman–Crippen LogP) is 2.54. The quantitative estimate of drug-likeness (QED) is 0.262. The molecule has 0 saturated heterocycles. The Kier molecular flexibility index (Phi) is 9.75. The molecule has 0 saturated carbocycles. The Morgan fingerprint density at radius 2 is 1.98 bits per heavy atom. The second-order valence-corrected chi connectivity index (χ2v) is 10.8. The number of fused-ring (bicyclic) bond motifs is 1. The van der Waals surface area contributed by atoms with E-state index < -0.39 is 23.6 Å². The van der Waals surface area contributed by atoms with Gasteiger partial charge in [-0.25, -0.2) is 19.7 Å². The van der Waals surface area contributed by atoms with E-state index in [-0.39, 0.29) is 36.4 Å². The number of pyridine rings is 1. The standard InChI is InChI=1S/C27H36N8O5/c1-27(2,3)13-12-17-22-23(29-16-28-17)33-20(32-22)15-35-14-8-10-19(25(35)38)30-24(37)18(31-26(39)40)9-6-7-11-21(36)34(4)5/h7-8,10-11,14,16,18,31H,6,9,12-13,15H2,1-5H3,(H,30,37)(H,39,40)(H,28,29,32,33)/b11-7+/t18-/m0/s1. The van der Waals surface area contributed by atoms with Crippen LogP contribution in [0, 0.1) is 5.41 Å². The van der Waals surface area contributed by atoms with Crippen LogP contribution in [0.15, 0.2) is 41.6 Å². The Balaban J connectivity index is 1.74. The predicted molar refractivity (Wildman–Crippen MR) is 150 cm³/mol. The maximum atomic E-state index is 13.1. The number of carbonyl (C=O) groups is 3. The largest absolute Gasteiger partial charge is 0.465 e. The third kappa shape index (κ3) is 8.48. The van der Waals surface area contributed by atoms with Gasteiger partial charge in [0.25, 0.3) is 5.56 Å². The van der Waals surface area contributed by atoms with E-state index in [0.717, 1.165) is 24.1 Å². The maximum absolute atomic E-state index is 13.1. The number of imidazole rings is 1. The number of likely N-dealkylation sites (N-methyl/N-ethyl adjacent to an activating group) is 1. The fraction of sp³-hybridized carbons (Fsp3) is 0.444. The first-order chi connectivity index (χ1) is 18.8. The van der Waals surface area contributed by atoms with Crippen molar-refractivity contribution >= 4 is 34.8 Å². The molecule has 0 aliphatic heterocycles. The zero-order valence-electron chi connectivity index (χ0n) is 23.4. The molecule has 0 unspecified atom stereocenters. The zero-order chi connectivity index (χ0) is 29.4. The van der Waals surface area contributed by atoms with Gasteiger partial charge < -0.3 is 30.2 Å². The number of carboxylic acid groups (broad SMARTS) is 1. The number of hydrogen-bond acceptors (Lipinski definition) is 7. The Labute approximate surface area is 231 Å². The molecule has 214 valence electrons. The van der Waals surface area contributed by atoms with Gasteiger partial charge in [0.2, 0.25) is 11.8 Å². The number of nitrogens with zero attached hydrogens (tertiary/aromatic N) is 5. The number of nitrogens with one attached hydrogen (secondary N) is 3. The molecule has 0 aliphatic carbocycles. The number of rotatable bonds is 11. The summed E-state index contributed by atoms with van der Waals surface area (Å²) in [6.45, 7) is 6.58. The minimum Gasteiger partial charge on any atom is -0.465 e. The molecule has 0 fully saturated rings. The number of hydrogen-bond donors (Lipinski definition) is 4. The summed E-state index contributed by atoms with van der Waals surface area (Å²) in [4.78, 5) is 66.7. The van der Waals surface area contributed by atoms with Crippen LogP contribution in [0.2, 0.25) is 0 Å². The highest BCUT2D eigenvalue weighted by Crippen LogP contribution is 2.23. The number of aryl methyl sites for hydroxylation is 1. The van der Waals surface area contributed by atoms with Gasteiger partial charge in [-0.1, -0.05) is 26.8 Å².